The molecule has 3 heterocycles. The number of hydrogen-bond donors (Lipinski definition) is 1. The molecule has 0 atom stereocenters. The van der Waals surface area contributed by atoms with Gasteiger partial charge in [-0.25, -0.2) is 14.4 Å². The molecule has 1 saturated heterocycles. The lowest BCUT2D eigenvalue weighted by Crippen LogP contribution is -2.45. The van der Waals surface area contributed by atoms with E-state index >= 15 is 0 Å². The number of pyridine rings is 1. The van der Waals surface area contributed by atoms with E-state index in [1.165, 1.54) is 24.7 Å². The van der Waals surface area contributed by atoms with E-state index in [1.807, 2.05) is 4.90 Å². The normalized spacial score (nSPS) is 15.5. The molecule has 1 aliphatic heterocycles. The summed E-state index contributed by atoms with van der Waals surface area (Å²) in [5, 5.41) is 2.94. The van der Waals surface area contributed by atoms with Gasteiger partial charge < -0.3 is 10.2 Å². The lowest BCUT2D eigenvalue weighted by atomic mass is 10.0. The summed E-state index contributed by atoms with van der Waals surface area (Å²) in [5.41, 5.74) is 0.301. The van der Waals surface area contributed by atoms with Crippen LogP contribution in [0.25, 0.3) is 0 Å². The van der Waals surface area contributed by atoms with Crippen molar-refractivity contribution in [3.8, 4) is 0 Å². The van der Waals surface area contributed by atoms with Gasteiger partial charge in [-0.3, -0.25) is 9.78 Å². The lowest BCUT2D eigenvalue weighted by molar-refractivity contribution is 0.0925. The topological polar surface area (TPSA) is 71.0 Å². The van der Waals surface area contributed by atoms with Gasteiger partial charge in [0.25, 0.3) is 5.91 Å². The van der Waals surface area contributed by atoms with Gasteiger partial charge in [-0.2, -0.15) is 0 Å². The molecule has 0 radical (unpaired) electrons. The monoisotopic (exact) mass is 379 g/mol. The fourth-order valence-corrected chi connectivity index (χ4v) is 2.85. The fraction of sp³-hybridized carbons (Fsp3) is 0.333. The maximum atomic E-state index is 13.9. The Hall–Kier alpha value is -2.09. The lowest BCUT2D eigenvalue weighted by Gasteiger charge is -2.33. The Bertz CT molecular complexity index is 692. The SMILES string of the molecule is O=C(NC1CCN(c2ncc(Br)cc2F)CC1)c1cnccn1. The van der Waals surface area contributed by atoms with E-state index in [4.69, 9.17) is 0 Å². The molecule has 1 fully saturated rings. The van der Waals surface area contributed by atoms with Crippen molar-refractivity contribution in [2.24, 2.45) is 0 Å². The summed E-state index contributed by atoms with van der Waals surface area (Å²) >= 11 is 3.20. The van der Waals surface area contributed by atoms with E-state index in [9.17, 15) is 9.18 Å². The molecular formula is C15H15BrFN5O. The van der Waals surface area contributed by atoms with Crippen molar-refractivity contribution in [1.82, 2.24) is 20.3 Å². The van der Waals surface area contributed by atoms with Crippen molar-refractivity contribution in [3.63, 3.8) is 0 Å². The Morgan fingerprint density at radius 3 is 2.70 bits per heavy atom. The number of halogens is 2. The highest BCUT2D eigenvalue weighted by atomic mass is 79.9. The van der Waals surface area contributed by atoms with Gasteiger partial charge in [-0.15, -0.1) is 0 Å². The van der Waals surface area contributed by atoms with Crippen LogP contribution in [0.15, 0.2) is 35.3 Å². The molecule has 0 saturated carbocycles. The first-order chi connectivity index (χ1) is 11.1. The Morgan fingerprint density at radius 1 is 1.26 bits per heavy atom. The summed E-state index contributed by atoms with van der Waals surface area (Å²) < 4.78 is 14.6. The quantitative estimate of drug-likeness (QED) is 0.884. The first kappa shape index (κ1) is 15.8. The Labute approximate surface area is 141 Å². The summed E-state index contributed by atoms with van der Waals surface area (Å²) in [4.78, 5) is 25.9. The third-order valence-electron chi connectivity index (χ3n) is 3.71. The Balaban J connectivity index is 1.57. The number of carbonyl (C=O) groups is 1. The molecule has 2 aromatic heterocycles. The summed E-state index contributed by atoms with van der Waals surface area (Å²) in [5.74, 6) is -0.224. The van der Waals surface area contributed by atoms with E-state index < -0.39 is 0 Å². The zero-order chi connectivity index (χ0) is 16.2. The highest BCUT2D eigenvalue weighted by Gasteiger charge is 2.24. The van der Waals surface area contributed by atoms with Crippen LogP contribution >= 0.6 is 15.9 Å². The molecule has 0 unspecified atom stereocenters. The smallest absolute Gasteiger partial charge is 0.271 e. The predicted octanol–water partition coefficient (Wildman–Crippen LogP) is 2.17. The molecule has 0 bridgehead atoms. The highest BCUT2D eigenvalue weighted by Crippen LogP contribution is 2.23. The molecule has 3 rings (SSSR count). The third kappa shape index (κ3) is 3.82. The van der Waals surface area contributed by atoms with Crippen molar-refractivity contribution < 1.29 is 9.18 Å². The van der Waals surface area contributed by atoms with Crippen molar-refractivity contribution in [3.05, 3.63) is 46.8 Å². The van der Waals surface area contributed by atoms with E-state index in [2.05, 4.69) is 36.2 Å². The molecule has 1 aliphatic rings. The van der Waals surface area contributed by atoms with Crippen LogP contribution in [0, 0.1) is 5.82 Å². The summed E-state index contributed by atoms with van der Waals surface area (Å²) in [6.07, 6.45) is 7.48. The number of amides is 1. The van der Waals surface area contributed by atoms with Gasteiger partial charge in [-0.1, -0.05) is 0 Å². The van der Waals surface area contributed by atoms with Crippen LogP contribution in [0.2, 0.25) is 0 Å². The van der Waals surface area contributed by atoms with Crippen molar-refractivity contribution in [2.75, 3.05) is 18.0 Å². The highest BCUT2D eigenvalue weighted by molar-refractivity contribution is 9.10. The van der Waals surface area contributed by atoms with Gasteiger partial charge in [-0.05, 0) is 34.8 Å². The number of carbonyl (C=O) groups excluding carboxylic acids is 1. The second-order valence-corrected chi connectivity index (χ2v) is 6.20. The molecule has 120 valence electrons. The number of nitrogens with zero attached hydrogens (tertiary/aromatic N) is 4. The summed E-state index contributed by atoms with van der Waals surface area (Å²) in [6, 6.07) is 1.45. The predicted molar refractivity (Wildman–Crippen MR) is 86.6 cm³/mol. The maximum absolute atomic E-state index is 13.9. The first-order valence-electron chi connectivity index (χ1n) is 7.26. The van der Waals surface area contributed by atoms with Gasteiger partial charge in [0.15, 0.2) is 11.6 Å². The van der Waals surface area contributed by atoms with Gasteiger partial charge in [0.1, 0.15) is 5.69 Å². The van der Waals surface area contributed by atoms with Crippen molar-refractivity contribution >= 4 is 27.7 Å². The number of nitrogens with one attached hydrogen (secondary N) is 1. The summed E-state index contributed by atoms with van der Waals surface area (Å²) in [7, 11) is 0. The molecule has 0 aliphatic carbocycles. The maximum Gasteiger partial charge on any atom is 0.271 e. The Morgan fingerprint density at radius 2 is 2.04 bits per heavy atom. The second kappa shape index (κ2) is 6.99. The largest absolute Gasteiger partial charge is 0.354 e. The minimum atomic E-state index is -0.346. The zero-order valence-electron chi connectivity index (χ0n) is 12.2. The van der Waals surface area contributed by atoms with Gasteiger partial charge in [0.2, 0.25) is 0 Å². The molecule has 1 amide bonds. The van der Waals surface area contributed by atoms with Crippen LogP contribution in [-0.2, 0) is 0 Å². The molecule has 8 heteroatoms. The second-order valence-electron chi connectivity index (χ2n) is 5.28. The van der Waals surface area contributed by atoms with E-state index in [-0.39, 0.29) is 17.8 Å². The van der Waals surface area contributed by atoms with Gasteiger partial charge >= 0.3 is 0 Å². The van der Waals surface area contributed by atoms with E-state index in [0.29, 0.717) is 29.1 Å². The van der Waals surface area contributed by atoms with Crippen molar-refractivity contribution in [2.45, 2.75) is 18.9 Å². The fourth-order valence-electron chi connectivity index (χ4n) is 2.55. The first-order valence-corrected chi connectivity index (χ1v) is 8.05. The molecule has 23 heavy (non-hydrogen) atoms. The minimum Gasteiger partial charge on any atom is -0.354 e. The number of hydrogen-bond acceptors (Lipinski definition) is 5. The van der Waals surface area contributed by atoms with Crippen LogP contribution < -0.4 is 10.2 Å². The number of rotatable bonds is 3. The van der Waals surface area contributed by atoms with Crippen LogP contribution in [0.3, 0.4) is 0 Å². The number of anilines is 1. The number of aromatic nitrogens is 3. The van der Waals surface area contributed by atoms with Crippen LogP contribution in [-0.4, -0.2) is 40.0 Å². The van der Waals surface area contributed by atoms with Gasteiger partial charge in [0.05, 0.1) is 6.20 Å². The number of piperidine rings is 1. The minimum absolute atomic E-state index is 0.0410. The zero-order valence-corrected chi connectivity index (χ0v) is 13.8. The van der Waals surface area contributed by atoms with E-state index in [1.54, 1.807) is 6.20 Å². The average molecular weight is 380 g/mol. The Kier molecular flexibility index (Phi) is 4.80. The molecule has 0 spiro atoms. The molecule has 1 N–H and O–H groups in total. The van der Waals surface area contributed by atoms with Crippen molar-refractivity contribution in [1.29, 1.82) is 0 Å². The average Bonchev–Trinajstić information content (AvgIpc) is 2.57. The van der Waals surface area contributed by atoms with Crippen LogP contribution in [0.4, 0.5) is 10.2 Å². The molecule has 2 aromatic rings. The standard InChI is InChI=1S/C15H15BrFN5O/c16-10-7-12(17)14(20-8-10)22-5-1-11(2-6-22)21-15(23)13-9-18-3-4-19-13/h3-4,7-9,11H,1-2,5-6H2,(H,21,23). The van der Waals surface area contributed by atoms with Gasteiger partial charge in [0, 0.05) is 42.2 Å². The third-order valence-corrected chi connectivity index (χ3v) is 4.15. The van der Waals surface area contributed by atoms with Crippen LogP contribution in [0.5, 0.6) is 0 Å². The molecule has 6 nitrogen and oxygen atoms in total. The van der Waals surface area contributed by atoms with E-state index in [0.717, 1.165) is 12.8 Å². The molecule has 0 aromatic carbocycles. The summed E-state index contributed by atoms with van der Waals surface area (Å²) in [6.45, 7) is 1.27. The molecular weight excluding hydrogens is 365 g/mol. The van der Waals surface area contributed by atoms with Crippen LogP contribution in [0.1, 0.15) is 23.3 Å².